The van der Waals surface area contributed by atoms with E-state index in [0.29, 0.717) is 30.6 Å². The Hall–Kier alpha value is -2.22. The van der Waals surface area contributed by atoms with Crippen LogP contribution in [0.15, 0.2) is 24.3 Å². The number of benzene rings is 1. The molecule has 0 amide bonds. The predicted octanol–water partition coefficient (Wildman–Crippen LogP) is 2.38. The van der Waals surface area contributed by atoms with Crippen LogP contribution in [-0.4, -0.2) is 42.2 Å². The molecule has 0 unspecified atom stereocenters. The number of nitrogens with zero attached hydrogens (tertiary/aromatic N) is 2. The van der Waals surface area contributed by atoms with E-state index >= 15 is 0 Å². The number of aliphatic hydroxyl groups excluding tert-OH is 1. The van der Waals surface area contributed by atoms with Gasteiger partial charge in [0.05, 0.1) is 11.0 Å². The number of non-ortho nitro benzene ring substituents is 1. The Morgan fingerprint density at radius 1 is 1.50 bits per heavy atom. The highest BCUT2D eigenvalue weighted by atomic mass is 19.3. The Balaban J connectivity index is 1.94. The first-order valence-electron chi connectivity index (χ1n) is 7.79. The topological polar surface area (TPSA) is 78.6 Å². The molecule has 1 heterocycles. The third-order valence-electron chi connectivity index (χ3n) is 4.53. The summed E-state index contributed by atoms with van der Waals surface area (Å²) in [7, 11) is 1.83. The zero-order valence-electron chi connectivity index (χ0n) is 13.2. The number of alkyl halides is 2. The lowest BCUT2D eigenvalue weighted by Gasteiger charge is -2.32. The summed E-state index contributed by atoms with van der Waals surface area (Å²) in [6, 6.07) is 3.24. The van der Waals surface area contributed by atoms with E-state index in [-0.39, 0.29) is 11.6 Å². The van der Waals surface area contributed by atoms with Crippen LogP contribution in [0.25, 0.3) is 5.70 Å². The molecule has 8 heteroatoms. The number of nitrogens with one attached hydrogen (secondary N) is 1. The Labute approximate surface area is 137 Å². The normalized spacial score (nSPS) is 18.7. The summed E-state index contributed by atoms with van der Waals surface area (Å²) >= 11 is 0. The minimum Gasteiger partial charge on any atom is -0.390 e. The maximum Gasteiger partial charge on any atom is 0.290 e. The molecule has 6 nitrogen and oxygen atoms in total. The highest BCUT2D eigenvalue weighted by molar-refractivity contribution is 5.80. The predicted molar refractivity (Wildman–Crippen MR) is 86.0 cm³/mol. The number of hydrogen-bond acceptors (Lipinski definition) is 5. The molecule has 1 atom stereocenters. The van der Waals surface area contributed by atoms with E-state index in [1.165, 1.54) is 12.1 Å². The van der Waals surface area contributed by atoms with Gasteiger partial charge in [0.2, 0.25) is 0 Å². The molecule has 0 spiro atoms. The highest BCUT2D eigenvalue weighted by Crippen LogP contribution is 2.41. The van der Waals surface area contributed by atoms with Gasteiger partial charge in [-0.3, -0.25) is 10.1 Å². The number of fused-ring (bicyclic) bond motifs is 1. The Kier molecular flexibility index (Phi) is 4.16. The van der Waals surface area contributed by atoms with Crippen molar-refractivity contribution in [2.24, 2.45) is 5.92 Å². The lowest BCUT2D eigenvalue weighted by Crippen LogP contribution is -2.48. The summed E-state index contributed by atoms with van der Waals surface area (Å²) in [6.07, 6.45) is 3.11. The van der Waals surface area contributed by atoms with Crippen molar-refractivity contribution in [3.05, 3.63) is 40.0 Å². The Morgan fingerprint density at radius 3 is 2.79 bits per heavy atom. The van der Waals surface area contributed by atoms with Gasteiger partial charge in [-0.05, 0) is 30.9 Å². The second-order valence-corrected chi connectivity index (χ2v) is 6.34. The summed E-state index contributed by atoms with van der Waals surface area (Å²) in [5, 5.41) is 22.9. The van der Waals surface area contributed by atoms with E-state index in [4.69, 9.17) is 5.11 Å². The van der Waals surface area contributed by atoms with Crippen molar-refractivity contribution in [2.75, 3.05) is 25.1 Å². The van der Waals surface area contributed by atoms with Gasteiger partial charge in [0.1, 0.15) is 6.61 Å². The van der Waals surface area contributed by atoms with E-state index in [9.17, 15) is 18.9 Å². The van der Waals surface area contributed by atoms with Crippen LogP contribution >= 0.6 is 0 Å². The fraction of sp³-hybridized carbons (Fsp3) is 0.500. The van der Waals surface area contributed by atoms with Crippen molar-refractivity contribution in [3.63, 3.8) is 0 Å². The first-order chi connectivity index (χ1) is 11.3. The van der Waals surface area contributed by atoms with E-state index in [1.54, 1.807) is 12.1 Å². The summed E-state index contributed by atoms with van der Waals surface area (Å²) in [4.78, 5) is 12.4. The van der Waals surface area contributed by atoms with Gasteiger partial charge < -0.3 is 15.3 Å². The van der Waals surface area contributed by atoms with Gasteiger partial charge in [-0.15, -0.1) is 0 Å². The third kappa shape index (κ3) is 3.06. The summed E-state index contributed by atoms with van der Waals surface area (Å²) in [5.41, 5.74) is 1.63. The van der Waals surface area contributed by atoms with Gasteiger partial charge in [-0.2, -0.15) is 0 Å². The molecule has 24 heavy (non-hydrogen) atoms. The minimum absolute atomic E-state index is 0.0892. The molecule has 1 saturated carbocycles. The standard InChI is InChI=1S/C16H19F2N3O3/c1-20-7-6-13(12-8-11(21(23)24)4-5-14(12)20)19-15(10-2-3-10)16(17,18)9-22/h4-6,8,10,15,19,22H,2-3,7,9H2,1H3/t15-/m0/s1. The van der Waals surface area contributed by atoms with Gasteiger partial charge in [0.15, 0.2) is 0 Å². The molecule has 2 aliphatic rings. The van der Waals surface area contributed by atoms with Crippen LogP contribution in [0.5, 0.6) is 0 Å². The maximum atomic E-state index is 14.1. The Bertz CT molecular complexity index is 689. The maximum absolute atomic E-state index is 14.1. The van der Waals surface area contributed by atoms with Crippen molar-refractivity contribution < 1.29 is 18.8 Å². The fourth-order valence-corrected chi connectivity index (χ4v) is 3.02. The lowest BCUT2D eigenvalue weighted by molar-refractivity contribution is -0.384. The van der Waals surface area contributed by atoms with Gasteiger partial charge in [-0.25, -0.2) is 8.78 Å². The molecule has 0 aromatic heterocycles. The van der Waals surface area contributed by atoms with Crippen molar-refractivity contribution in [1.82, 2.24) is 5.32 Å². The van der Waals surface area contributed by atoms with Gasteiger partial charge in [0.25, 0.3) is 11.6 Å². The molecule has 2 N–H and O–H groups in total. The summed E-state index contributed by atoms with van der Waals surface area (Å²) in [6.45, 7) is -0.717. The number of halogens is 2. The van der Waals surface area contributed by atoms with Gasteiger partial charge in [0, 0.05) is 42.7 Å². The molecule has 130 valence electrons. The number of rotatable bonds is 6. The molecular weight excluding hydrogens is 320 g/mol. The number of aliphatic hydroxyl groups is 1. The second-order valence-electron chi connectivity index (χ2n) is 6.34. The SMILES string of the molecule is CN1CC=C(N[C@@H](C2CC2)C(F)(F)CO)c2cc([N+](=O)[O-])ccc21. The second kappa shape index (κ2) is 6.01. The molecule has 0 radical (unpaired) electrons. The monoisotopic (exact) mass is 339 g/mol. The average molecular weight is 339 g/mol. The van der Waals surface area contributed by atoms with E-state index in [2.05, 4.69) is 5.32 Å². The molecule has 1 fully saturated rings. The molecule has 1 aromatic carbocycles. The van der Waals surface area contributed by atoms with Crippen LogP contribution in [0.2, 0.25) is 0 Å². The van der Waals surface area contributed by atoms with Crippen LogP contribution in [0.1, 0.15) is 18.4 Å². The summed E-state index contributed by atoms with van der Waals surface area (Å²) < 4.78 is 28.1. The Morgan fingerprint density at radius 2 is 2.21 bits per heavy atom. The molecular formula is C16H19F2N3O3. The average Bonchev–Trinajstić information content (AvgIpc) is 3.38. The number of anilines is 1. The van der Waals surface area contributed by atoms with E-state index < -0.39 is 23.5 Å². The fourth-order valence-electron chi connectivity index (χ4n) is 3.02. The van der Waals surface area contributed by atoms with E-state index in [1.807, 2.05) is 11.9 Å². The molecule has 1 aliphatic heterocycles. The van der Waals surface area contributed by atoms with Crippen molar-refractivity contribution in [3.8, 4) is 0 Å². The zero-order valence-corrected chi connectivity index (χ0v) is 13.2. The number of likely N-dealkylation sites (N-methyl/N-ethyl adjacent to an activating group) is 1. The van der Waals surface area contributed by atoms with Crippen molar-refractivity contribution in [1.29, 1.82) is 0 Å². The molecule has 0 bridgehead atoms. The quantitative estimate of drug-likeness (QED) is 0.614. The van der Waals surface area contributed by atoms with Crippen LogP contribution in [-0.2, 0) is 0 Å². The molecule has 1 aromatic rings. The van der Waals surface area contributed by atoms with Crippen LogP contribution in [0.4, 0.5) is 20.2 Å². The molecule has 1 aliphatic carbocycles. The van der Waals surface area contributed by atoms with Crippen molar-refractivity contribution in [2.45, 2.75) is 24.8 Å². The number of nitro groups is 1. The van der Waals surface area contributed by atoms with Crippen LogP contribution < -0.4 is 10.2 Å². The minimum atomic E-state index is -3.24. The summed E-state index contributed by atoms with van der Waals surface area (Å²) in [5.74, 6) is -3.44. The molecule has 3 rings (SSSR count). The molecule has 0 saturated heterocycles. The van der Waals surface area contributed by atoms with Gasteiger partial charge in [-0.1, -0.05) is 0 Å². The first kappa shape index (κ1) is 16.6. The van der Waals surface area contributed by atoms with Crippen LogP contribution in [0.3, 0.4) is 0 Å². The van der Waals surface area contributed by atoms with Crippen molar-refractivity contribution >= 4 is 17.1 Å². The highest BCUT2D eigenvalue weighted by Gasteiger charge is 2.48. The van der Waals surface area contributed by atoms with E-state index in [0.717, 1.165) is 5.69 Å². The van der Waals surface area contributed by atoms with Crippen LogP contribution in [0, 0.1) is 16.0 Å². The number of nitro benzene ring substituents is 1. The number of hydrogen-bond donors (Lipinski definition) is 2. The first-order valence-corrected chi connectivity index (χ1v) is 7.79. The van der Waals surface area contributed by atoms with Gasteiger partial charge >= 0.3 is 0 Å². The smallest absolute Gasteiger partial charge is 0.290 e. The third-order valence-corrected chi connectivity index (χ3v) is 4.53. The lowest BCUT2D eigenvalue weighted by atomic mass is 10.00. The zero-order chi connectivity index (χ0) is 17.5. The largest absolute Gasteiger partial charge is 0.390 e.